The number of hydrogen-bond acceptors (Lipinski definition) is 6. The first-order valence-corrected chi connectivity index (χ1v) is 16.6. The average Bonchev–Trinajstić information content (AvgIpc) is 3.25. The summed E-state index contributed by atoms with van der Waals surface area (Å²) in [6, 6.07) is 11.1. The number of amides is 1. The number of carbonyl (C=O) groups excluding carboxylic acids is 1. The number of halogens is 2. The predicted molar refractivity (Wildman–Crippen MR) is 161 cm³/mol. The number of aryl methyl sites for hydroxylation is 1. The molecule has 0 aliphatic carbocycles. The molecule has 0 bridgehead atoms. The van der Waals surface area contributed by atoms with Crippen LogP contribution in [0, 0.1) is 6.92 Å². The van der Waals surface area contributed by atoms with E-state index in [1.54, 1.807) is 35.7 Å². The van der Waals surface area contributed by atoms with Crippen molar-refractivity contribution < 1.29 is 9.22 Å². The molecule has 0 saturated heterocycles. The molecular formula is C28H30Cl2N4O2SSi. The van der Waals surface area contributed by atoms with E-state index in [0.717, 1.165) is 15.8 Å². The highest BCUT2D eigenvalue weighted by Crippen LogP contribution is 2.40. The van der Waals surface area contributed by atoms with Gasteiger partial charge in [-0.3, -0.25) is 4.79 Å². The SMILES string of the molecule is Cc1ccc(/C=C\c2nc(C(=O)NCc3cc(Cl)cc(Cl)c3)c(O[Si](C)(C)C(C)(C)C)c3nnccc23)s1. The van der Waals surface area contributed by atoms with Crippen molar-refractivity contribution in [2.75, 3.05) is 0 Å². The van der Waals surface area contributed by atoms with Gasteiger partial charge in [0, 0.05) is 31.7 Å². The fourth-order valence-electron chi connectivity index (χ4n) is 3.52. The highest BCUT2D eigenvalue weighted by atomic mass is 35.5. The Kier molecular flexibility index (Phi) is 8.28. The van der Waals surface area contributed by atoms with Crippen LogP contribution in [0.1, 0.15) is 52.3 Å². The Bertz CT molecular complexity index is 1510. The minimum Gasteiger partial charge on any atom is -0.540 e. The van der Waals surface area contributed by atoms with Crippen molar-refractivity contribution in [2.24, 2.45) is 0 Å². The van der Waals surface area contributed by atoms with E-state index in [-0.39, 0.29) is 23.2 Å². The third-order valence-corrected chi connectivity index (χ3v) is 12.3. The zero-order valence-corrected chi connectivity index (χ0v) is 25.6. The molecule has 0 aliphatic rings. The number of hydrogen-bond donors (Lipinski definition) is 1. The van der Waals surface area contributed by atoms with Crippen LogP contribution in [0.15, 0.2) is 42.6 Å². The standard InChI is InChI=1S/C28H30Cl2N4O2SSi/c1-17-7-8-21(37-17)9-10-23-22-11-12-32-34-24(22)26(36-38(5,6)28(2,3)4)25(33-23)27(35)31-16-18-13-19(29)15-20(30)14-18/h7-15H,16H2,1-6H3,(H,31,35)/b10-9-. The lowest BCUT2D eigenvalue weighted by Gasteiger charge is -2.36. The van der Waals surface area contributed by atoms with Crippen LogP contribution in [0.25, 0.3) is 23.1 Å². The van der Waals surface area contributed by atoms with E-state index in [4.69, 9.17) is 32.6 Å². The molecule has 0 atom stereocenters. The van der Waals surface area contributed by atoms with E-state index in [1.807, 2.05) is 18.2 Å². The van der Waals surface area contributed by atoms with Gasteiger partial charge in [-0.05, 0) is 79.2 Å². The van der Waals surface area contributed by atoms with Gasteiger partial charge in [0.2, 0.25) is 0 Å². The Morgan fingerprint density at radius 3 is 2.45 bits per heavy atom. The molecule has 38 heavy (non-hydrogen) atoms. The van der Waals surface area contributed by atoms with Crippen LogP contribution in [0.2, 0.25) is 28.2 Å². The molecule has 198 valence electrons. The summed E-state index contributed by atoms with van der Waals surface area (Å²) in [5, 5.41) is 13.1. The zero-order chi connectivity index (χ0) is 27.7. The highest BCUT2D eigenvalue weighted by Gasteiger charge is 2.40. The Labute approximate surface area is 238 Å². The van der Waals surface area contributed by atoms with Crippen molar-refractivity contribution in [1.82, 2.24) is 20.5 Å². The van der Waals surface area contributed by atoms with Crippen LogP contribution < -0.4 is 9.74 Å². The van der Waals surface area contributed by atoms with Crippen molar-refractivity contribution in [3.05, 3.63) is 79.3 Å². The average molecular weight is 586 g/mol. The Balaban J connectivity index is 1.81. The second-order valence-corrected chi connectivity index (χ2v) is 17.5. The van der Waals surface area contributed by atoms with Gasteiger partial charge in [-0.1, -0.05) is 44.0 Å². The highest BCUT2D eigenvalue weighted by molar-refractivity contribution is 7.12. The van der Waals surface area contributed by atoms with Crippen LogP contribution in [0.4, 0.5) is 0 Å². The van der Waals surface area contributed by atoms with Gasteiger partial charge < -0.3 is 9.74 Å². The molecule has 3 aromatic heterocycles. The van der Waals surface area contributed by atoms with Gasteiger partial charge >= 0.3 is 0 Å². The maximum atomic E-state index is 13.6. The van der Waals surface area contributed by atoms with E-state index in [2.05, 4.69) is 68.4 Å². The number of carbonyl (C=O) groups is 1. The van der Waals surface area contributed by atoms with Gasteiger partial charge in [0.25, 0.3) is 14.2 Å². The fourth-order valence-corrected chi connectivity index (χ4v) is 5.88. The molecule has 1 N–H and O–H groups in total. The fraction of sp³-hybridized carbons (Fsp3) is 0.286. The number of nitrogens with zero attached hydrogens (tertiary/aromatic N) is 3. The number of thiophene rings is 1. The molecule has 0 unspecified atom stereocenters. The molecule has 10 heteroatoms. The molecule has 3 heterocycles. The van der Waals surface area contributed by atoms with Crippen molar-refractivity contribution in [3.8, 4) is 5.75 Å². The zero-order valence-electron chi connectivity index (χ0n) is 22.2. The van der Waals surface area contributed by atoms with Crippen LogP contribution in [-0.4, -0.2) is 29.4 Å². The van der Waals surface area contributed by atoms with Gasteiger partial charge in [-0.15, -0.1) is 16.4 Å². The minimum absolute atomic E-state index is 0.109. The molecule has 0 fully saturated rings. The van der Waals surface area contributed by atoms with Gasteiger partial charge in [0.1, 0.15) is 5.52 Å². The first kappa shape index (κ1) is 28.2. The summed E-state index contributed by atoms with van der Waals surface area (Å²) in [4.78, 5) is 20.8. The lowest BCUT2D eigenvalue weighted by Crippen LogP contribution is -2.44. The van der Waals surface area contributed by atoms with Crippen LogP contribution in [0.5, 0.6) is 5.75 Å². The lowest BCUT2D eigenvalue weighted by molar-refractivity contribution is 0.0944. The molecule has 6 nitrogen and oxygen atoms in total. The Hall–Kier alpha value is -2.78. The Morgan fingerprint density at radius 1 is 1.11 bits per heavy atom. The van der Waals surface area contributed by atoms with E-state index < -0.39 is 8.32 Å². The number of aromatic nitrogens is 3. The topological polar surface area (TPSA) is 77.0 Å². The summed E-state index contributed by atoms with van der Waals surface area (Å²) < 4.78 is 6.69. The quantitative estimate of drug-likeness (QED) is 0.221. The van der Waals surface area contributed by atoms with Gasteiger partial charge in [-0.2, -0.15) is 5.10 Å². The van der Waals surface area contributed by atoms with Crippen LogP contribution >= 0.6 is 34.5 Å². The largest absolute Gasteiger partial charge is 0.540 e. The lowest BCUT2D eigenvalue weighted by atomic mass is 10.1. The van der Waals surface area contributed by atoms with Gasteiger partial charge in [0.15, 0.2) is 11.4 Å². The van der Waals surface area contributed by atoms with E-state index in [1.165, 1.54) is 4.88 Å². The molecular weight excluding hydrogens is 555 g/mol. The molecule has 1 amide bonds. The smallest absolute Gasteiger partial charge is 0.274 e. The number of nitrogens with one attached hydrogen (secondary N) is 1. The second kappa shape index (κ2) is 11.1. The molecule has 0 radical (unpaired) electrons. The van der Waals surface area contributed by atoms with Crippen molar-refractivity contribution in [1.29, 1.82) is 0 Å². The molecule has 1 aromatic carbocycles. The third kappa shape index (κ3) is 6.43. The number of benzene rings is 1. The summed E-state index contributed by atoms with van der Waals surface area (Å²) in [6.07, 6.45) is 5.51. The van der Waals surface area contributed by atoms with Gasteiger partial charge in [-0.25, -0.2) is 4.98 Å². The monoisotopic (exact) mass is 584 g/mol. The minimum atomic E-state index is -2.37. The van der Waals surface area contributed by atoms with Gasteiger partial charge in [0.05, 0.1) is 11.9 Å². The summed E-state index contributed by atoms with van der Waals surface area (Å²) >= 11 is 14.0. The van der Waals surface area contributed by atoms with E-state index in [9.17, 15) is 4.79 Å². The van der Waals surface area contributed by atoms with Crippen molar-refractivity contribution in [2.45, 2.75) is 52.4 Å². The first-order valence-electron chi connectivity index (χ1n) is 12.2. The second-order valence-electron chi connectivity index (χ2n) is 10.6. The first-order chi connectivity index (χ1) is 17.8. The van der Waals surface area contributed by atoms with E-state index in [0.29, 0.717) is 27.0 Å². The molecule has 0 spiro atoms. The normalized spacial score (nSPS) is 12.3. The van der Waals surface area contributed by atoms with Crippen molar-refractivity contribution >= 4 is 71.8 Å². The third-order valence-electron chi connectivity index (χ3n) is 6.58. The van der Waals surface area contributed by atoms with E-state index >= 15 is 0 Å². The molecule has 4 rings (SSSR count). The number of rotatable bonds is 7. The predicted octanol–water partition coefficient (Wildman–Crippen LogP) is 8.19. The number of fused-ring (bicyclic) bond motifs is 1. The summed E-state index contributed by atoms with van der Waals surface area (Å²) in [7, 11) is -2.37. The molecule has 4 aromatic rings. The summed E-state index contributed by atoms with van der Waals surface area (Å²) in [5.74, 6) is -0.0329. The Morgan fingerprint density at radius 2 is 1.82 bits per heavy atom. The molecule has 0 aliphatic heterocycles. The maximum Gasteiger partial charge on any atom is 0.274 e. The van der Waals surface area contributed by atoms with Crippen LogP contribution in [0.3, 0.4) is 0 Å². The number of pyridine rings is 1. The van der Waals surface area contributed by atoms with Crippen molar-refractivity contribution in [3.63, 3.8) is 0 Å². The maximum absolute atomic E-state index is 13.6. The summed E-state index contributed by atoms with van der Waals surface area (Å²) in [5.41, 5.74) is 2.05. The summed E-state index contributed by atoms with van der Waals surface area (Å²) in [6.45, 7) is 13.0. The molecule has 0 saturated carbocycles. The van der Waals surface area contributed by atoms with Crippen LogP contribution in [-0.2, 0) is 6.54 Å².